The molecule has 1 heteroatoms. The van der Waals surface area contributed by atoms with Crippen molar-refractivity contribution in [2.24, 2.45) is 5.41 Å². The molecule has 0 saturated carbocycles. The van der Waals surface area contributed by atoms with E-state index in [-0.39, 0.29) is 11.5 Å². The summed E-state index contributed by atoms with van der Waals surface area (Å²) in [5, 5.41) is 9.33. The molecule has 0 spiro atoms. The van der Waals surface area contributed by atoms with Gasteiger partial charge in [0.15, 0.2) is 0 Å². The molecule has 0 aromatic rings. The smallest absolute Gasteiger partial charge is 0.0721 e. The molecule has 0 rings (SSSR count). The number of hydrogen-bond donors (Lipinski definition) is 1. The summed E-state index contributed by atoms with van der Waals surface area (Å²) in [5.41, 5.74) is 0.189. The SMILES string of the molecule is CCC[C@@H](O)/C=C/C(C)(C)C. The van der Waals surface area contributed by atoms with Crippen molar-refractivity contribution in [2.45, 2.75) is 46.6 Å². The summed E-state index contributed by atoms with van der Waals surface area (Å²) in [5.74, 6) is 0. The van der Waals surface area contributed by atoms with E-state index in [1.165, 1.54) is 0 Å². The Labute approximate surface area is 70.1 Å². The number of rotatable bonds is 3. The van der Waals surface area contributed by atoms with Gasteiger partial charge in [-0.25, -0.2) is 0 Å². The van der Waals surface area contributed by atoms with Crippen LogP contribution in [0, 0.1) is 5.41 Å². The monoisotopic (exact) mass is 156 g/mol. The van der Waals surface area contributed by atoms with Gasteiger partial charge in [0.1, 0.15) is 0 Å². The Kier molecular flexibility index (Phi) is 4.43. The zero-order chi connectivity index (χ0) is 8.91. The van der Waals surface area contributed by atoms with Gasteiger partial charge in [0, 0.05) is 0 Å². The highest BCUT2D eigenvalue weighted by Crippen LogP contribution is 2.15. The lowest BCUT2D eigenvalue weighted by molar-refractivity contribution is 0.210. The van der Waals surface area contributed by atoms with Gasteiger partial charge in [0.2, 0.25) is 0 Å². The third-order valence-corrected chi connectivity index (χ3v) is 1.40. The van der Waals surface area contributed by atoms with Crippen LogP contribution in [0.4, 0.5) is 0 Å². The Hall–Kier alpha value is -0.300. The largest absolute Gasteiger partial charge is 0.389 e. The maximum Gasteiger partial charge on any atom is 0.0721 e. The van der Waals surface area contributed by atoms with Crippen LogP contribution in [0.3, 0.4) is 0 Å². The van der Waals surface area contributed by atoms with Crippen LogP contribution in [0.2, 0.25) is 0 Å². The van der Waals surface area contributed by atoms with Gasteiger partial charge in [-0.15, -0.1) is 0 Å². The van der Waals surface area contributed by atoms with E-state index < -0.39 is 0 Å². The van der Waals surface area contributed by atoms with Crippen LogP contribution >= 0.6 is 0 Å². The quantitative estimate of drug-likeness (QED) is 0.623. The fraction of sp³-hybridized carbons (Fsp3) is 0.800. The van der Waals surface area contributed by atoms with Crippen LogP contribution in [0.15, 0.2) is 12.2 Å². The molecule has 0 aliphatic carbocycles. The Morgan fingerprint density at radius 1 is 1.36 bits per heavy atom. The number of aliphatic hydroxyl groups is 1. The van der Waals surface area contributed by atoms with Crippen molar-refractivity contribution < 1.29 is 5.11 Å². The zero-order valence-electron chi connectivity index (χ0n) is 8.09. The van der Waals surface area contributed by atoms with Crippen molar-refractivity contribution >= 4 is 0 Å². The van der Waals surface area contributed by atoms with E-state index in [2.05, 4.69) is 33.8 Å². The number of hydrogen-bond acceptors (Lipinski definition) is 1. The number of allylic oxidation sites excluding steroid dienone is 1. The maximum atomic E-state index is 9.33. The summed E-state index contributed by atoms with van der Waals surface area (Å²) in [7, 11) is 0. The van der Waals surface area contributed by atoms with Crippen LogP contribution in [-0.2, 0) is 0 Å². The molecule has 0 heterocycles. The van der Waals surface area contributed by atoms with Gasteiger partial charge >= 0.3 is 0 Å². The highest BCUT2D eigenvalue weighted by Gasteiger charge is 2.05. The molecule has 1 nitrogen and oxygen atoms in total. The van der Waals surface area contributed by atoms with Gasteiger partial charge in [-0.1, -0.05) is 46.3 Å². The molecule has 0 aliphatic heterocycles. The van der Waals surface area contributed by atoms with Gasteiger partial charge in [-0.3, -0.25) is 0 Å². The molecule has 0 aromatic heterocycles. The summed E-state index contributed by atoms with van der Waals surface area (Å²) in [4.78, 5) is 0. The van der Waals surface area contributed by atoms with Crippen LogP contribution in [0.1, 0.15) is 40.5 Å². The first-order valence-corrected chi connectivity index (χ1v) is 4.33. The highest BCUT2D eigenvalue weighted by atomic mass is 16.3. The molecule has 0 saturated heterocycles. The molecule has 1 N–H and O–H groups in total. The molecule has 66 valence electrons. The summed E-state index contributed by atoms with van der Waals surface area (Å²) in [6.07, 6.45) is 5.61. The van der Waals surface area contributed by atoms with E-state index in [9.17, 15) is 5.11 Å². The third kappa shape index (κ3) is 7.60. The molecule has 11 heavy (non-hydrogen) atoms. The van der Waals surface area contributed by atoms with Crippen molar-refractivity contribution in [1.82, 2.24) is 0 Å². The standard InChI is InChI=1S/C10H20O/c1-5-6-9(11)7-8-10(2,3)4/h7-9,11H,5-6H2,1-4H3/b8-7+/t9-/m1/s1. The second-order valence-corrected chi connectivity index (χ2v) is 4.08. The minimum absolute atomic E-state index is 0.189. The first-order valence-electron chi connectivity index (χ1n) is 4.33. The lowest BCUT2D eigenvalue weighted by atomic mass is 9.95. The second kappa shape index (κ2) is 4.55. The summed E-state index contributed by atoms with van der Waals surface area (Å²) < 4.78 is 0. The Bertz CT molecular complexity index is 119. The van der Waals surface area contributed by atoms with Gasteiger partial charge in [-0.2, -0.15) is 0 Å². The number of aliphatic hydroxyl groups excluding tert-OH is 1. The second-order valence-electron chi connectivity index (χ2n) is 4.08. The summed E-state index contributed by atoms with van der Waals surface area (Å²) >= 11 is 0. The molecule has 0 radical (unpaired) electrons. The van der Waals surface area contributed by atoms with E-state index in [4.69, 9.17) is 0 Å². The Morgan fingerprint density at radius 2 is 1.91 bits per heavy atom. The highest BCUT2D eigenvalue weighted by molar-refractivity contribution is 4.95. The minimum Gasteiger partial charge on any atom is -0.389 e. The fourth-order valence-corrected chi connectivity index (χ4v) is 0.792. The molecule has 0 fully saturated rings. The van der Waals surface area contributed by atoms with Crippen molar-refractivity contribution in [3.8, 4) is 0 Å². The molecular weight excluding hydrogens is 136 g/mol. The van der Waals surface area contributed by atoms with E-state index >= 15 is 0 Å². The Morgan fingerprint density at radius 3 is 2.27 bits per heavy atom. The molecular formula is C10H20O. The van der Waals surface area contributed by atoms with Crippen molar-refractivity contribution in [3.63, 3.8) is 0 Å². The van der Waals surface area contributed by atoms with E-state index in [1.807, 2.05) is 6.08 Å². The third-order valence-electron chi connectivity index (χ3n) is 1.40. The zero-order valence-corrected chi connectivity index (χ0v) is 8.09. The minimum atomic E-state index is -0.251. The normalized spacial score (nSPS) is 15.7. The summed E-state index contributed by atoms with van der Waals surface area (Å²) in [6, 6.07) is 0. The Balaban J connectivity index is 3.73. The van der Waals surface area contributed by atoms with Crippen molar-refractivity contribution in [2.75, 3.05) is 0 Å². The van der Waals surface area contributed by atoms with Crippen molar-refractivity contribution in [3.05, 3.63) is 12.2 Å². The van der Waals surface area contributed by atoms with Crippen LogP contribution < -0.4 is 0 Å². The van der Waals surface area contributed by atoms with Crippen molar-refractivity contribution in [1.29, 1.82) is 0 Å². The molecule has 0 unspecified atom stereocenters. The molecule has 0 bridgehead atoms. The summed E-state index contributed by atoms with van der Waals surface area (Å²) in [6.45, 7) is 8.46. The van der Waals surface area contributed by atoms with E-state index in [0.717, 1.165) is 12.8 Å². The lowest BCUT2D eigenvalue weighted by Crippen LogP contribution is -2.05. The molecule has 0 aliphatic rings. The van der Waals surface area contributed by atoms with Crippen LogP contribution in [0.5, 0.6) is 0 Å². The van der Waals surface area contributed by atoms with E-state index in [0.29, 0.717) is 0 Å². The predicted octanol–water partition coefficient (Wildman–Crippen LogP) is 2.75. The molecule has 0 aromatic carbocycles. The van der Waals surface area contributed by atoms with Gasteiger partial charge in [-0.05, 0) is 11.8 Å². The topological polar surface area (TPSA) is 20.2 Å². The van der Waals surface area contributed by atoms with Crippen LogP contribution in [-0.4, -0.2) is 11.2 Å². The van der Waals surface area contributed by atoms with Crippen LogP contribution in [0.25, 0.3) is 0 Å². The lowest BCUT2D eigenvalue weighted by Gasteiger charge is -2.12. The van der Waals surface area contributed by atoms with Gasteiger partial charge in [0.05, 0.1) is 6.10 Å². The fourth-order valence-electron chi connectivity index (χ4n) is 0.792. The average molecular weight is 156 g/mol. The van der Waals surface area contributed by atoms with E-state index in [1.54, 1.807) is 0 Å². The predicted molar refractivity (Wildman–Crippen MR) is 49.5 cm³/mol. The molecule has 0 amide bonds. The van der Waals surface area contributed by atoms with Gasteiger partial charge < -0.3 is 5.11 Å². The molecule has 1 atom stereocenters. The van der Waals surface area contributed by atoms with Gasteiger partial charge in [0.25, 0.3) is 0 Å². The first kappa shape index (κ1) is 10.7. The maximum absolute atomic E-state index is 9.33. The average Bonchev–Trinajstić information content (AvgIpc) is 1.83. The first-order chi connectivity index (χ1) is 4.95.